The highest BCUT2D eigenvalue weighted by atomic mass is 32.2. The van der Waals surface area contributed by atoms with Gasteiger partial charge in [-0.3, -0.25) is 14.5 Å². The molecule has 30 heavy (non-hydrogen) atoms. The van der Waals surface area contributed by atoms with Crippen molar-refractivity contribution in [1.29, 1.82) is 0 Å². The maximum absolute atomic E-state index is 12.5. The molecule has 1 aromatic carbocycles. The number of rotatable bonds is 5. The van der Waals surface area contributed by atoms with Crippen molar-refractivity contribution in [3.8, 4) is 0 Å². The van der Waals surface area contributed by atoms with Gasteiger partial charge >= 0.3 is 5.97 Å². The number of thioether (sulfide) groups is 1. The van der Waals surface area contributed by atoms with Gasteiger partial charge in [-0.1, -0.05) is 55.4 Å². The number of carboxylic acid groups (broad SMARTS) is 1. The van der Waals surface area contributed by atoms with E-state index in [4.69, 9.17) is 17.3 Å². The number of carbonyl (C=O) groups is 2. The molecule has 5 nitrogen and oxygen atoms in total. The van der Waals surface area contributed by atoms with Crippen LogP contribution in [0, 0.1) is 5.41 Å². The van der Waals surface area contributed by atoms with Gasteiger partial charge in [0.05, 0.1) is 11.3 Å². The smallest absolute Gasteiger partial charge is 0.305 e. The van der Waals surface area contributed by atoms with Gasteiger partial charge in [0.2, 0.25) is 0 Å². The van der Waals surface area contributed by atoms with Crippen molar-refractivity contribution >= 4 is 51.9 Å². The van der Waals surface area contributed by atoms with E-state index in [9.17, 15) is 9.59 Å². The molecule has 1 aliphatic carbocycles. The van der Waals surface area contributed by atoms with Gasteiger partial charge in [-0.15, -0.1) is 0 Å². The molecule has 1 N–H and O–H groups in total. The predicted molar refractivity (Wildman–Crippen MR) is 126 cm³/mol. The van der Waals surface area contributed by atoms with Crippen LogP contribution in [0.2, 0.25) is 0 Å². The van der Waals surface area contributed by atoms with Crippen LogP contribution in [0.3, 0.4) is 0 Å². The second-order valence-corrected chi connectivity index (χ2v) is 10.3. The van der Waals surface area contributed by atoms with E-state index < -0.39 is 5.97 Å². The third kappa shape index (κ3) is 4.72. The van der Waals surface area contributed by atoms with Crippen LogP contribution in [0.5, 0.6) is 0 Å². The minimum absolute atomic E-state index is 0.106. The average molecular weight is 445 g/mol. The molecule has 1 amide bonds. The average Bonchev–Trinajstić information content (AvgIpc) is 3.01. The molecule has 1 aromatic rings. The first-order valence-electron chi connectivity index (χ1n) is 10.8. The van der Waals surface area contributed by atoms with E-state index in [1.54, 1.807) is 0 Å². The third-order valence-corrected chi connectivity index (χ3v) is 8.09. The normalized spacial score (nSPS) is 22.9. The fourth-order valence-electron chi connectivity index (χ4n) is 4.87. The molecule has 3 aliphatic rings. The lowest BCUT2D eigenvalue weighted by Crippen LogP contribution is -2.41. The quantitative estimate of drug-likeness (QED) is 0.514. The number of thiocarbonyl (C=S) groups is 1. The van der Waals surface area contributed by atoms with Crippen LogP contribution in [0.1, 0.15) is 56.9 Å². The largest absolute Gasteiger partial charge is 0.481 e. The Morgan fingerprint density at radius 3 is 2.40 bits per heavy atom. The van der Waals surface area contributed by atoms with E-state index in [0.717, 1.165) is 18.7 Å². The topological polar surface area (TPSA) is 60.9 Å². The van der Waals surface area contributed by atoms with Crippen LogP contribution in [0.25, 0.3) is 6.08 Å². The first-order valence-corrected chi connectivity index (χ1v) is 12.0. The summed E-state index contributed by atoms with van der Waals surface area (Å²) in [7, 11) is 0. The number of benzene rings is 1. The Hall–Kier alpha value is -1.86. The summed E-state index contributed by atoms with van der Waals surface area (Å²) < 4.78 is 0.425. The van der Waals surface area contributed by atoms with Crippen molar-refractivity contribution in [2.45, 2.75) is 51.4 Å². The Morgan fingerprint density at radius 2 is 1.77 bits per heavy atom. The summed E-state index contributed by atoms with van der Waals surface area (Å²) in [6.45, 7) is 2.37. The predicted octanol–water partition coefficient (Wildman–Crippen LogP) is 4.91. The van der Waals surface area contributed by atoms with Gasteiger partial charge < -0.3 is 10.0 Å². The summed E-state index contributed by atoms with van der Waals surface area (Å²) in [6, 6.07) is 8.36. The summed E-state index contributed by atoms with van der Waals surface area (Å²) in [4.78, 5) is 27.7. The molecule has 0 bridgehead atoms. The van der Waals surface area contributed by atoms with E-state index in [1.807, 2.05) is 18.2 Å². The molecule has 2 heterocycles. The Labute approximate surface area is 187 Å². The highest BCUT2D eigenvalue weighted by Crippen LogP contribution is 2.45. The van der Waals surface area contributed by atoms with E-state index >= 15 is 0 Å². The molecular formula is C23H28N2O3S2. The second kappa shape index (κ2) is 9.10. The SMILES string of the molecule is O=C(O)CCN1C(=O)/C(=C/c2ccc(N3CCC4(CCCCC4)CC3)cc2)SC1=S. The monoisotopic (exact) mass is 444 g/mol. The van der Waals surface area contributed by atoms with Crippen molar-refractivity contribution in [3.63, 3.8) is 0 Å². The molecule has 160 valence electrons. The molecule has 0 atom stereocenters. The summed E-state index contributed by atoms with van der Waals surface area (Å²) in [6.07, 6.45) is 11.4. The molecule has 3 fully saturated rings. The van der Waals surface area contributed by atoms with Crippen molar-refractivity contribution in [2.75, 3.05) is 24.5 Å². The lowest BCUT2D eigenvalue weighted by atomic mass is 9.68. The second-order valence-electron chi connectivity index (χ2n) is 8.62. The number of anilines is 1. The zero-order valence-electron chi connectivity index (χ0n) is 17.1. The van der Waals surface area contributed by atoms with Crippen LogP contribution in [0.4, 0.5) is 5.69 Å². The number of aliphatic carboxylic acids is 1. The number of piperidine rings is 1. The van der Waals surface area contributed by atoms with E-state index in [0.29, 0.717) is 14.6 Å². The number of carboxylic acids is 1. The van der Waals surface area contributed by atoms with Crippen molar-refractivity contribution in [2.24, 2.45) is 5.41 Å². The van der Waals surface area contributed by atoms with Gasteiger partial charge in [0.25, 0.3) is 5.91 Å². The maximum atomic E-state index is 12.5. The lowest BCUT2D eigenvalue weighted by Gasteiger charge is -2.45. The highest BCUT2D eigenvalue weighted by molar-refractivity contribution is 8.26. The molecule has 1 saturated carbocycles. The molecule has 4 rings (SSSR count). The summed E-state index contributed by atoms with van der Waals surface area (Å²) >= 11 is 6.49. The Balaban J connectivity index is 1.37. The first-order chi connectivity index (χ1) is 14.5. The standard InChI is InChI=1S/C23H28N2O3S2/c26-20(27)8-13-25-21(28)19(30-22(25)29)16-17-4-6-18(7-5-17)24-14-11-23(12-15-24)9-2-1-3-10-23/h4-7,16H,1-3,8-15H2,(H,26,27)/b19-16-. The van der Waals surface area contributed by atoms with Gasteiger partial charge in [-0.25, -0.2) is 0 Å². The number of amides is 1. The Kier molecular flexibility index (Phi) is 6.48. The lowest BCUT2D eigenvalue weighted by molar-refractivity contribution is -0.137. The van der Waals surface area contributed by atoms with Gasteiger partial charge in [0.15, 0.2) is 0 Å². The first kappa shape index (κ1) is 21.4. The Bertz CT molecular complexity index is 850. The Morgan fingerprint density at radius 1 is 1.10 bits per heavy atom. The number of nitrogens with zero attached hydrogens (tertiary/aromatic N) is 2. The fraction of sp³-hybridized carbons (Fsp3) is 0.522. The minimum atomic E-state index is -0.935. The van der Waals surface area contributed by atoms with Crippen molar-refractivity contribution in [1.82, 2.24) is 4.90 Å². The number of carbonyl (C=O) groups excluding carboxylic acids is 1. The van der Waals surface area contributed by atoms with Gasteiger partial charge in [-0.05, 0) is 54.9 Å². The summed E-state index contributed by atoms with van der Waals surface area (Å²) in [5.41, 5.74) is 2.80. The van der Waals surface area contributed by atoms with Gasteiger partial charge in [-0.2, -0.15) is 0 Å². The molecule has 7 heteroatoms. The minimum Gasteiger partial charge on any atom is -0.481 e. The van der Waals surface area contributed by atoms with Crippen LogP contribution >= 0.6 is 24.0 Å². The molecule has 0 unspecified atom stereocenters. The number of hydrogen-bond donors (Lipinski definition) is 1. The van der Waals surface area contributed by atoms with E-state index in [2.05, 4.69) is 17.0 Å². The molecule has 0 aromatic heterocycles. The zero-order valence-corrected chi connectivity index (χ0v) is 18.8. The highest BCUT2D eigenvalue weighted by Gasteiger charge is 2.35. The summed E-state index contributed by atoms with van der Waals surface area (Å²) in [5, 5.41) is 8.85. The van der Waals surface area contributed by atoms with Crippen LogP contribution in [-0.4, -0.2) is 45.8 Å². The molecule has 2 saturated heterocycles. The van der Waals surface area contributed by atoms with Gasteiger partial charge in [0, 0.05) is 25.3 Å². The fourth-order valence-corrected chi connectivity index (χ4v) is 6.18. The van der Waals surface area contributed by atoms with Crippen LogP contribution < -0.4 is 4.90 Å². The third-order valence-electron chi connectivity index (χ3n) is 6.72. The molecule has 2 aliphatic heterocycles. The summed E-state index contributed by atoms with van der Waals surface area (Å²) in [5.74, 6) is -1.14. The van der Waals surface area contributed by atoms with Crippen molar-refractivity contribution in [3.05, 3.63) is 34.7 Å². The van der Waals surface area contributed by atoms with Crippen molar-refractivity contribution < 1.29 is 14.7 Å². The van der Waals surface area contributed by atoms with Crippen LogP contribution in [-0.2, 0) is 9.59 Å². The van der Waals surface area contributed by atoms with E-state index in [-0.39, 0.29) is 18.9 Å². The molecule has 0 radical (unpaired) electrons. The molecule has 1 spiro atoms. The van der Waals surface area contributed by atoms with Crippen LogP contribution in [0.15, 0.2) is 29.2 Å². The molecular weight excluding hydrogens is 416 g/mol. The van der Waals surface area contributed by atoms with Gasteiger partial charge in [0.1, 0.15) is 4.32 Å². The van der Waals surface area contributed by atoms with E-state index in [1.165, 1.54) is 67.3 Å². The number of hydrogen-bond acceptors (Lipinski definition) is 5. The maximum Gasteiger partial charge on any atom is 0.305 e. The zero-order chi connectivity index (χ0) is 21.1.